The fourth-order valence-corrected chi connectivity index (χ4v) is 2.74. The van der Waals surface area contributed by atoms with Gasteiger partial charge in [0, 0.05) is 46.0 Å². The van der Waals surface area contributed by atoms with Crippen molar-refractivity contribution < 1.29 is 9.53 Å². The highest BCUT2D eigenvalue weighted by atomic mass is 79.9. The third kappa shape index (κ3) is 4.71. The first kappa shape index (κ1) is 16.3. The summed E-state index contributed by atoms with van der Waals surface area (Å²) in [6, 6.07) is 0. The highest BCUT2D eigenvalue weighted by molar-refractivity contribution is 9.10. The van der Waals surface area contributed by atoms with Crippen molar-refractivity contribution in [2.75, 3.05) is 26.2 Å². The first-order valence-corrected chi connectivity index (χ1v) is 7.92. The van der Waals surface area contributed by atoms with Crippen LogP contribution in [0.3, 0.4) is 0 Å². The summed E-state index contributed by atoms with van der Waals surface area (Å²) >= 11 is 3.52. The number of hydrogen-bond donors (Lipinski definition) is 0. The average Bonchev–Trinajstić information content (AvgIpc) is 2.66. The first-order valence-electron chi connectivity index (χ1n) is 7.13. The molecule has 1 amide bonds. The third-order valence-corrected chi connectivity index (χ3v) is 3.91. The molecule has 2 heterocycles. The molecule has 1 aliphatic heterocycles. The molecule has 1 aromatic rings. The van der Waals surface area contributed by atoms with E-state index in [1.165, 1.54) is 0 Å². The van der Waals surface area contributed by atoms with E-state index in [0.717, 1.165) is 29.8 Å². The quantitative estimate of drug-likeness (QED) is 0.813. The number of aryl methyl sites for hydroxylation is 1. The van der Waals surface area contributed by atoms with E-state index in [1.807, 2.05) is 34.0 Å². The number of hydrogen-bond acceptors (Lipinski definition) is 4. The second-order valence-electron chi connectivity index (χ2n) is 6.34. The van der Waals surface area contributed by atoms with Gasteiger partial charge in [-0.3, -0.25) is 9.58 Å². The minimum atomic E-state index is -0.437. The molecule has 0 aliphatic carbocycles. The molecule has 0 saturated carbocycles. The molecule has 1 aromatic heterocycles. The molecule has 0 unspecified atom stereocenters. The van der Waals surface area contributed by atoms with E-state index in [1.54, 1.807) is 9.58 Å². The van der Waals surface area contributed by atoms with Crippen molar-refractivity contribution in [3.63, 3.8) is 0 Å². The van der Waals surface area contributed by atoms with Crippen LogP contribution in [0.4, 0.5) is 4.79 Å². The van der Waals surface area contributed by atoms with Crippen LogP contribution in [0.1, 0.15) is 26.5 Å². The van der Waals surface area contributed by atoms with Crippen LogP contribution >= 0.6 is 15.9 Å². The maximum Gasteiger partial charge on any atom is 0.410 e. The number of halogens is 1. The second kappa shape index (κ2) is 6.36. The summed E-state index contributed by atoms with van der Waals surface area (Å²) in [6.45, 7) is 9.52. The van der Waals surface area contributed by atoms with Crippen molar-refractivity contribution >= 4 is 22.0 Å². The second-order valence-corrected chi connectivity index (χ2v) is 7.20. The van der Waals surface area contributed by atoms with Crippen LogP contribution in [0.25, 0.3) is 0 Å². The van der Waals surface area contributed by atoms with E-state index in [4.69, 9.17) is 4.74 Å². The van der Waals surface area contributed by atoms with Gasteiger partial charge in [0.05, 0.1) is 10.2 Å². The van der Waals surface area contributed by atoms with Crippen LogP contribution in [0.2, 0.25) is 0 Å². The van der Waals surface area contributed by atoms with Crippen LogP contribution in [-0.4, -0.2) is 57.5 Å². The van der Waals surface area contributed by atoms with Crippen molar-refractivity contribution in [3.8, 4) is 0 Å². The molecule has 1 fully saturated rings. The van der Waals surface area contributed by atoms with Crippen LogP contribution in [0.15, 0.2) is 10.7 Å². The first-order chi connectivity index (χ1) is 9.74. The molecule has 0 aromatic carbocycles. The molecule has 0 spiro atoms. The van der Waals surface area contributed by atoms with Crippen molar-refractivity contribution in [2.45, 2.75) is 32.9 Å². The average molecular weight is 359 g/mol. The zero-order valence-corrected chi connectivity index (χ0v) is 14.7. The molecule has 1 aliphatic rings. The maximum absolute atomic E-state index is 12.0. The lowest BCUT2D eigenvalue weighted by molar-refractivity contribution is 0.0138. The fourth-order valence-electron chi connectivity index (χ4n) is 2.24. The normalized spacial score (nSPS) is 17.1. The van der Waals surface area contributed by atoms with E-state index in [9.17, 15) is 4.79 Å². The zero-order valence-electron chi connectivity index (χ0n) is 13.1. The minimum absolute atomic E-state index is 0.221. The molecule has 0 radical (unpaired) electrons. The Bertz CT molecular complexity index is 502. The number of carbonyl (C=O) groups is 1. The van der Waals surface area contributed by atoms with Gasteiger partial charge in [-0.15, -0.1) is 0 Å². The summed E-state index contributed by atoms with van der Waals surface area (Å²) in [5.74, 6) is 0. The van der Waals surface area contributed by atoms with Gasteiger partial charge in [-0.1, -0.05) is 0 Å². The fraction of sp³-hybridized carbons (Fsp3) is 0.714. The molecule has 0 N–H and O–H groups in total. The monoisotopic (exact) mass is 358 g/mol. The maximum atomic E-state index is 12.0. The Hall–Kier alpha value is -1.08. The number of amides is 1. The summed E-state index contributed by atoms with van der Waals surface area (Å²) < 4.78 is 8.23. The number of carbonyl (C=O) groups excluding carboxylic acids is 1. The predicted molar refractivity (Wildman–Crippen MR) is 84.0 cm³/mol. The van der Waals surface area contributed by atoms with Gasteiger partial charge in [0.25, 0.3) is 0 Å². The molecule has 6 nitrogen and oxygen atoms in total. The Labute approximate surface area is 134 Å². The Kier molecular flexibility index (Phi) is 4.93. The van der Waals surface area contributed by atoms with Gasteiger partial charge in [-0.2, -0.15) is 5.10 Å². The number of rotatable bonds is 2. The highest BCUT2D eigenvalue weighted by Gasteiger charge is 2.26. The molecule has 0 atom stereocenters. The molecule has 21 heavy (non-hydrogen) atoms. The van der Waals surface area contributed by atoms with E-state index >= 15 is 0 Å². The van der Waals surface area contributed by atoms with Gasteiger partial charge in [-0.05, 0) is 36.7 Å². The van der Waals surface area contributed by atoms with Crippen LogP contribution in [0.5, 0.6) is 0 Å². The van der Waals surface area contributed by atoms with Crippen molar-refractivity contribution in [2.24, 2.45) is 7.05 Å². The van der Waals surface area contributed by atoms with Gasteiger partial charge >= 0.3 is 6.09 Å². The molecule has 1 saturated heterocycles. The molecule has 2 rings (SSSR count). The Morgan fingerprint density at radius 2 is 1.95 bits per heavy atom. The Morgan fingerprint density at radius 3 is 2.43 bits per heavy atom. The third-order valence-electron chi connectivity index (χ3n) is 3.25. The van der Waals surface area contributed by atoms with E-state index < -0.39 is 5.60 Å². The Balaban J connectivity index is 1.83. The van der Waals surface area contributed by atoms with E-state index in [2.05, 4.69) is 25.9 Å². The number of nitrogens with zero attached hydrogens (tertiary/aromatic N) is 4. The van der Waals surface area contributed by atoms with Gasteiger partial charge in [-0.25, -0.2) is 4.79 Å². The summed E-state index contributed by atoms with van der Waals surface area (Å²) in [4.78, 5) is 16.1. The van der Waals surface area contributed by atoms with Gasteiger partial charge in [0.2, 0.25) is 0 Å². The summed E-state index contributed by atoms with van der Waals surface area (Å²) in [7, 11) is 1.91. The smallest absolute Gasteiger partial charge is 0.410 e. The van der Waals surface area contributed by atoms with Gasteiger partial charge in [0.15, 0.2) is 0 Å². The lowest BCUT2D eigenvalue weighted by atomic mass is 10.2. The topological polar surface area (TPSA) is 50.6 Å². The standard InChI is InChI=1S/C14H23BrN4O2/c1-14(2,3)21-13(20)19-7-5-18(6-8-19)10-12-11(15)9-17(4)16-12/h9H,5-8,10H2,1-4H3. The largest absolute Gasteiger partial charge is 0.444 e. The number of aromatic nitrogens is 2. The van der Waals surface area contributed by atoms with Crippen molar-refractivity contribution in [1.82, 2.24) is 19.6 Å². The predicted octanol–water partition coefficient (Wildman–Crippen LogP) is 2.24. The number of piperazine rings is 1. The summed E-state index contributed by atoms with van der Waals surface area (Å²) in [5.41, 5.74) is 0.593. The summed E-state index contributed by atoms with van der Waals surface area (Å²) in [5, 5.41) is 4.43. The van der Waals surface area contributed by atoms with Crippen LogP contribution in [0, 0.1) is 0 Å². The lowest BCUT2D eigenvalue weighted by Gasteiger charge is -2.35. The minimum Gasteiger partial charge on any atom is -0.444 e. The van der Waals surface area contributed by atoms with Crippen molar-refractivity contribution in [3.05, 3.63) is 16.4 Å². The van der Waals surface area contributed by atoms with E-state index in [-0.39, 0.29) is 6.09 Å². The lowest BCUT2D eigenvalue weighted by Crippen LogP contribution is -2.49. The van der Waals surface area contributed by atoms with E-state index in [0.29, 0.717) is 13.1 Å². The molecular weight excluding hydrogens is 336 g/mol. The molecule has 7 heteroatoms. The molecular formula is C14H23BrN4O2. The molecule has 0 bridgehead atoms. The highest BCUT2D eigenvalue weighted by Crippen LogP contribution is 2.18. The Morgan fingerprint density at radius 1 is 1.33 bits per heavy atom. The number of ether oxygens (including phenoxy) is 1. The van der Waals surface area contributed by atoms with Crippen LogP contribution in [-0.2, 0) is 18.3 Å². The zero-order chi connectivity index (χ0) is 15.6. The van der Waals surface area contributed by atoms with Gasteiger partial charge < -0.3 is 9.64 Å². The van der Waals surface area contributed by atoms with Crippen molar-refractivity contribution in [1.29, 1.82) is 0 Å². The molecule has 118 valence electrons. The summed E-state index contributed by atoms with van der Waals surface area (Å²) in [6.07, 6.45) is 1.73. The van der Waals surface area contributed by atoms with Gasteiger partial charge in [0.1, 0.15) is 5.60 Å². The van der Waals surface area contributed by atoms with Crippen LogP contribution < -0.4 is 0 Å². The SMILES string of the molecule is Cn1cc(Br)c(CN2CCN(C(=O)OC(C)(C)C)CC2)n1.